The number of aliphatic hydroxyl groups is 1. The van der Waals surface area contributed by atoms with Crippen molar-refractivity contribution in [3.8, 4) is 0 Å². The average molecular weight is 277 g/mol. The van der Waals surface area contributed by atoms with Crippen molar-refractivity contribution < 1.29 is 15.0 Å². The Morgan fingerprint density at radius 1 is 1.30 bits per heavy atom. The SMILES string of the molecule is Cc1cc(C(=O)O)ccc1N(CCO)C1CCCCC1. The minimum atomic E-state index is -0.897. The van der Waals surface area contributed by atoms with Crippen molar-refractivity contribution in [3.63, 3.8) is 0 Å². The molecule has 1 aromatic carbocycles. The second-order valence-electron chi connectivity index (χ2n) is 5.52. The maximum Gasteiger partial charge on any atom is 0.335 e. The molecule has 0 aliphatic heterocycles. The molecule has 0 atom stereocenters. The van der Waals surface area contributed by atoms with Gasteiger partial charge in [0.05, 0.1) is 12.2 Å². The second kappa shape index (κ2) is 6.75. The first-order chi connectivity index (χ1) is 9.63. The highest BCUT2D eigenvalue weighted by molar-refractivity contribution is 5.88. The topological polar surface area (TPSA) is 60.8 Å². The summed E-state index contributed by atoms with van der Waals surface area (Å²) in [7, 11) is 0. The van der Waals surface area contributed by atoms with Gasteiger partial charge >= 0.3 is 5.97 Å². The summed E-state index contributed by atoms with van der Waals surface area (Å²) in [5, 5.41) is 18.4. The Hall–Kier alpha value is -1.55. The van der Waals surface area contributed by atoms with Crippen LogP contribution in [0.5, 0.6) is 0 Å². The molecule has 0 amide bonds. The van der Waals surface area contributed by atoms with Crippen LogP contribution in [0.2, 0.25) is 0 Å². The average Bonchev–Trinajstić information content (AvgIpc) is 2.46. The summed E-state index contributed by atoms with van der Waals surface area (Å²) in [6.45, 7) is 2.67. The zero-order valence-corrected chi connectivity index (χ0v) is 12.0. The van der Waals surface area contributed by atoms with Gasteiger partial charge in [0.25, 0.3) is 0 Å². The third kappa shape index (κ3) is 3.31. The van der Waals surface area contributed by atoms with Crippen LogP contribution in [0.15, 0.2) is 18.2 Å². The maximum absolute atomic E-state index is 11.0. The summed E-state index contributed by atoms with van der Waals surface area (Å²) in [6.07, 6.45) is 6.07. The van der Waals surface area contributed by atoms with Crippen molar-refractivity contribution in [2.24, 2.45) is 0 Å². The van der Waals surface area contributed by atoms with Crippen molar-refractivity contribution in [1.29, 1.82) is 0 Å². The summed E-state index contributed by atoms with van der Waals surface area (Å²) in [5.74, 6) is -0.897. The van der Waals surface area contributed by atoms with Gasteiger partial charge in [-0.2, -0.15) is 0 Å². The Balaban J connectivity index is 2.26. The molecule has 20 heavy (non-hydrogen) atoms. The number of hydrogen-bond donors (Lipinski definition) is 2. The smallest absolute Gasteiger partial charge is 0.335 e. The molecule has 0 heterocycles. The molecule has 4 heteroatoms. The third-order valence-electron chi connectivity index (χ3n) is 4.11. The normalized spacial score (nSPS) is 16.1. The van der Waals surface area contributed by atoms with E-state index in [4.69, 9.17) is 5.11 Å². The summed E-state index contributed by atoms with van der Waals surface area (Å²) in [4.78, 5) is 13.3. The van der Waals surface area contributed by atoms with Crippen molar-refractivity contribution in [2.75, 3.05) is 18.1 Å². The lowest BCUT2D eigenvalue weighted by molar-refractivity contribution is 0.0697. The van der Waals surface area contributed by atoms with E-state index in [1.54, 1.807) is 12.1 Å². The molecule has 0 radical (unpaired) electrons. The second-order valence-corrected chi connectivity index (χ2v) is 5.52. The van der Waals surface area contributed by atoms with Gasteiger partial charge in [-0.1, -0.05) is 19.3 Å². The lowest BCUT2D eigenvalue weighted by atomic mass is 9.93. The molecule has 0 unspecified atom stereocenters. The standard InChI is InChI=1S/C16H23NO3/c1-12-11-13(16(19)20)7-8-15(12)17(9-10-18)14-5-3-2-4-6-14/h7-8,11,14,18H,2-6,9-10H2,1H3,(H,19,20). The van der Waals surface area contributed by atoms with Crippen molar-refractivity contribution in [3.05, 3.63) is 29.3 Å². The summed E-state index contributed by atoms with van der Waals surface area (Å²) >= 11 is 0. The Bertz CT molecular complexity index is 467. The van der Waals surface area contributed by atoms with E-state index in [0.29, 0.717) is 18.2 Å². The van der Waals surface area contributed by atoms with E-state index in [2.05, 4.69) is 4.90 Å². The number of carboxylic acids is 1. The van der Waals surface area contributed by atoms with Crippen molar-refractivity contribution in [2.45, 2.75) is 45.1 Å². The van der Waals surface area contributed by atoms with Crippen LogP contribution in [0.1, 0.15) is 48.0 Å². The maximum atomic E-state index is 11.0. The van der Waals surface area contributed by atoms with E-state index in [0.717, 1.165) is 24.1 Å². The predicted octanol–water partition coefficient (Wildman–Crippen LogP) is 2.82. The van der Waals surface area contributed by atoms with E-state index in [-0.39, 0.29) is 6.61 Å². The van der Waals surface area contributed by atoms with Gasteiger partial charge in [-0.25, -0.2) is 4.79 Å². The van der Waals surface area contributed by atoms with Gasteiger partial charge in [0, 0.05) is 18.3 Å². The highest BCUT2D eigenvalue weighted by atomic mass is 16.4. The predicted molar refractivity (Wildman–Crippen MR) is 79.4 cm³/mol. The fourth-order valence-electron chi connectivity index (χ4n) is 3.11. The number of benzene rings is 1. The molecule has 110 valence electrons. The van der Waals surface area contributed by atoms with Gasteiger partial charge in [0.15, 0.2) is 0 Å². The Kier molecular flexibility index (Phi) is 5.01. The largest absolute Gasteiger partial charge is 0.478 e. The molecule has 4 nitrogen and oxygen atoms in total. The molecule has 1 saturated carbocycles. The molecule has 1 aromatic rings. The van der Waals surface area contributed by atoms with E-state index in [1.165, 1.54) is 19.3 Å². The molecule has 2 N–H and O–H groups in total. The molecule has 0 aromatic heterocycles. The first kappa shape index (κ1) is 14.9. The molecule has 0 saturated heterocycles. The van der Waals surface area contributed by atoms with Crippen LogP contribution in [0.4, 0.5) is 5.69 Å². The summed E-state index contributed by atoms with van der Waals surface area (Å²) in [5.41, 5.74) is 2.33. The number of aryl methyl sites for hydroxylation is 1. The van der Waals surface area contributed by atoms with Crippen LogP contribution < -0.4 is 4.90 Å². The molecular weight excluding hydrogens is 254 g/mol. The van der Waals surface area contributed by atoms with Crippen LogP contribution >= 0.6 is 0 Å². The van der Waals surface area contributed by atoms with Crippen LogP contribution in [0.25, 0.3) is 0 Å². The quantitative estimate of drug-likeness (QED) is 0.869. The number of carboxylic acid groups (broad SMARTS) is 1. The van der Waals surface area contributed by atoms with Crippen LogP contribution in [0.3, 0.4) is 0 Å². The van der Waals surface area contributed by atoms with E-state index in [1.807, 2.05) is 13.0 Å². The Morgan fingerprint density at radius 2 is 2.00 bits per heavy atom. The van der Waals surface area contributed by atoms with Gasteiger partial charge in [-0.05, 0) is 43.5 Å². The molecule has 0 spiro atoms. The van der Waals surface area contributed by atoms with E-state index in [9.17, 15) is 9.90 Å². The monoisotopic (exact) mass is 277 g/mol. The van der Waals surface area contributed by atoms with Crippen molar-refractivity contribution in [1.82, 2.24) is 0 Å². The minimum Gasteiger partial charge on any atom is -0.478 e. The van der Waals surface area contributed by atoms with E-state index < -0.39 is 5.97 Å². The number of rotatable bonds is 5. The van der Waals surface area contributed by atoms with Gasteiger partial charge in [-0.3, -0.25) is 0 Å². The van der Waals surface area contributed by atoms with Crippen LogP contribution in [0, 0.1) is 6.92 Å². The first-order valence-electron chi connectivity index (χ1n) is 7.35. The van der Waals surface area contributed by atoms with Gasteiger partial charge in [0.1, 0.15) is 0 Å². The van der Waals surface area contributed by atoms with Gasteiger partial charge < -0.3 is 15.1 Å². The van der Waals surface area contributed by atoms with Crippen molar-refractivity contribution >= 4 is 11.7 Å². The molecule has 0 bridgehead atoms. The molecular formula is C16H23NO3. The van der Waals surface area contributed by atoms with Crippen LogP contribution in [-0.2, 0) is 0 Å². The number of aromatic carboxylic acids is 1. The van der Waals surface area contributed by atoms with Crippen LogP contribution in [-0.4, -0.2) is 35.4 Å². The summed E-state index contributed by atoms with van der Waals surface area (Å²) < 4.78 is 0. The molecule has 1 aliphatic carbocycles. The first-order valence-corrected chi connectivity index (χ1v) is 7.35. The fourth-order valence-corrected chi connectivity index (χ4v) is 3.11. The Morgan fingerprint density at radius 3 is 2.55 bits per heavy atom. The number of aliphatic hydroxyl groups excluding tert-OH is 1. The molecule has 2 rings (SSSR count). The van der Waals surface area contributed by atoms with Gasteiger partial charge in [-0.15, -0.1) is 0 Å². The lowest BCUT2D eigenvalue weighted by Gasteiger charge is -2.36. The number of anilines is 1. The number of carbonyl (C=O) groups is 1. The molecule has 1 aliphatic rings. The molecule has 1 fully saturated rings. The Labute approximate surface area is 120 Å². The fraction of sp³-hybridized carbons (Fsp3) is 0.562. The zero-order chi connectivity index (χ0) is 14.5. The van der Waals surface area contributed by atoms with E-state index >= 15 is 0 Å². The number of hydrogen-bond acceptors (Lipinski definition) is 3. The number of nitrogens with zero attached hydrogens (tertiary/aromatic N) is 1. The zero-order valence-electron chi connectivity index (χ0n) is 12.0. The minimum absolute atomic E-state index is 0.122. The lowest BCUT2D eigenvalue weighted by Crippen LogP contribution is -2.39. The highest BCUT2D eigenvalue weighted by Gasteiger charge is 2.22. The highest BCUT2D eigenvalue weighted by Crippen LogP contribution is 2.29. The van der Waals surface area contributed by atoms with Gasteiger partial charge in [0.2, 0.25) is 0 Å². The third-order valence-corrected chi connectivity index (χ3v) is 4.11. The summed E-state index contributed by atoms with van der Waals surface area (Å²) in [6, 6.07) is 5.71.